The van der Waals surface area contributed by atoms with Gasteiger partial charge in [-0.2, -0.15) is 5.06 Å². The van der Waals surface area contributed by atoms with Crippen molar-refractivity contribution in [3.05, 3.63) is 30.3 Å². The molecule has 0 atom stereocenters. The molecule has 1 rings (SSSR count). The Bertz CT molecular complexity index is 412. The lowest BCUT2D eigenvalue weighted by molar-refractivity contribution is 0.00112. The van der Waals surface area contributed by atoms with E-state index in [1.165, 1.54) is 7.05 Å². The first-order chi connectivity index (χ1) is 8.50. The number of carbonyl (C=O) groups excluding carboxylic acids is 1. The first kappa shape index (κ1) is 14.6. The van der Waals surface area contributed by atoms with Crippen molar-refractivity contribution in [1.29, 1.82) is 0 Å². The minimum Gasteiger partial charge on any atom is -0.416 e. The molecular formula is C11H14N2O3S2. The molecule has 5 nitrogen and oxygen atoms in total. The van der Waals surface area contributed by atoms with Crippen LogP contribution in [-0.2, 0) is 4.84 Å². The van der Waals surface area contributed by atoms with Crippen LogP contribution < -0.4 is 4.18 Å². The number of rotatable bonds is 2. The molecule has 0 bridgehead atoms. The van der Waals surface area contributed by atoms with Crippen molar-refractivity contribution < 1.29 is 13.8 Å². The Hall–Kier alpha value is -1.47. The maximum Gasteiger partial charge on any atom is 0.353 e. The van der Waals surface area contributed by atoms with Gasteiger partial charge in [0.15, 0.2) is 12.0 Å². The monoisotopic (exact) mass is 286 g/mol. The summed E-state index contributed by atoms with van der Waals surface area (Å²) in [5.74, 6) is 0.597. The Morgan fingerprint density at radius 1 is 1.22 bits per heavy atom. The molecule has 1 amide bonds. The van der Waals surface area contributed by atoms with Crippen LogP contribution in [0.2, 0.25) is 0 Å². The fraction of sp³-hybridized carbons (Fsp3) is 0.273. The lowest BCUT2D eigenvalue weighted by Crippen LogP contribution is -2.32. The zero-order valence-corrected chi connectivity index (χ0v) is 12.0. The van der Waals surface area contributed by atoms with E-state index in [2.05, 4.69) is 0 Å². The van der Waals surface area contributed by atoms with Gasteiger partial charge in [0.1, 0.15) is 5.75 Å². The molecule has 0 saturated heterocycles. The lowest BCUT2D eigenvalue weighted by Gasteiger charge is -2.20. The number of para-hydroxylation sites is 1. The fourth-order valence-corrected chi connectivity index (χ4v) is 1.38. The summed E-state index contributed by atoms with van der Waals surface area (Å²) in [7, 11) is 4.93. The third-order valence-corrected chi connectivity index (χ3v) is 2.90. The van der Waals surface area contributed by atoms with Crippen LogP contribution in [0.5, 0.6) is 5.75 Å². The molecule has 0 fully saturated rings. The second kappa shape index (κ2) is 7.07. The van der Waals surface area contributed by atoms with Gasteiger partial charge in [-0.3, -0.25) is 4.79 Å². The van der Waals surface area contributed by atoms with E-state index in [0.29, 0.717) is 17.8 Å². The number of nitrogens with zero attached hydrogens (tertiary/aromatic N) is 2. The highest BCUT2D eigenvalue weighted by molar-refractivity contribution is 8.09. The zero-order valence-electron chi connectivity index (χ0n) is 10.3. The van der Waals surface area contributed by atoms with Crippen LogP contribution in [0.4, 0.5) is 4.79 Å². The van der Waals surface area contributed by atoms with Gasteiger partial charge in [-0.15, -0.1) is 0 Å². The summed E-state index contributed by atoms with van der Waals surface area (Å²) in [5.41, 5.74) is 0. The van der Waals surface area contributed by atoms with Crippen molar-refractivity contribution in [3.63, 3.8) is 0 Å². The van der Waals surface area contributed by atoms with E-state index in [0.717, 1.165) is 5.06 Å². The number of carbonyl (C=O) groups is 1. The summed E-state index contributed by atoms with van der Waals surface area (Å²) < 4.78 is 5.22. The Kier molecular flexibility index (Phi) is 5.73. The Morgan fingerprint density at radius 3 is 2.39 bits per heavy atom. The number of hydrogen-bond donors (Lipinski definition) is 0. The standard InChI is InChI=1S/C11H14N2O3S2/c1-12(2)11(17)15-13(3)10(14)18-16-9-7-5-4-6-8-9/h4-8H,1-3H3. The van der Waals surface area contributed by atoms with Crippen molar-refractivity contribution in [2.75, 3.05) is 21.1 Å². The molecule has 0 unspecified atom stereocenters. The Labute approximate surface area is 116 Å². The topological polar surface area (TPSA) is 42.0 Å². The van der Waals surface area contributed by atoms with E-state index in [1.807, 2.05) is 18.2 Å². The summed E-state index contributed by atoms with van der Waals surface area (Å²) >= 11 is 5.59. The number of hydrogen-bond acceptors (Lipinski definition) is 5. The Balaban J connectivity index is 2.39. The lowest BCUT2D eigenvalue weighted by atomic mass is 10.3. The minimum absolute atomic E-state index is 0.200. The molecule has 98 valence electrons. The normalized spacial score (nSPS) is 9.50. The number of hydroxylamine groups is 2. The van der Waals surface area contributed by atoms with Crippen molar-refractivity contribution >= 4 is 34.7 Å². The van der Waals surface area contributed by atoms with Gasteiger partial charge < -0.3 is 13.9 Å². The molecule has 0 saturated carbocycles. The number of amides is 1. The summed E-state index contributed by atoms with van der Waals surface area (Å²) in [6.45, 7) is 0. The van der Waals surface area contributed by atoms with Crippen LogP contribution in [0.1, 0.15) is 0 Å². The highest BCUT2D eigenvalue weighted by Crippen LogP contribution is 2.17. The molecule has 7 heteroatoms. The molecule has 0 aliphatic heterocycles. The molecule has 0 N–H and O–H groups in total. The van der Waals surface area contributed by atoms with Gasteiger partial charge in [-0.1, -0.05) is 18.2 Å². The molecule has 18 heavy (non-hydrogen) atoms. The van der Waals surface area contributed by atoms with Crippen molar-refractivity contribution in [1.82, 2.24) is 9.96 Å². The quantitative estimate of drug-likeness (QED) is 0.473. The molecule has 0 radical (unpaired) electrons. The average Bonchev–Trinajstić information content (AvgIpc) is 2.36. The van der Waals surface area contributed by atoms with Gasteiger partial charge in [0.2, 0.25) is 0 Å². The summed E-state index contributed by atoms with van der Waals surface area (Å²) in [6, 6.07) is 9.02. The molecule has 1 aromatic rings. The molecular weight excluding hydrogens is 272 g/mol. The van der Waals surface area contributed by atoms with Crippen molar-refractivity contribution in [3.8, 4) is 5.75 Å². The highest BCUT2D eigenvalue weighted by Gasteiger charge is 2.15. The van der Waals surface area contributed by atoms with E-state index in [1.54, 1.807) is 31.1 Å². The van der Waals surface area contributed by atoms with E-state index in [4.69, 9.17) is 21.2 Å². The maximum atomic E-state index is 11.6. The molecule has 0 aliphatic rings. The van der Waals surface area contributed by atoms with Crippen molar-refractivity contribution in [2.45, 2.75) is 0 Å². The van der Waals surface area contributed by atoms with E-state index in [9.17, 15) is 4.79 Å². The highest BCUT2D eigenvalue weighted by atomic mass is 32.2. The fourth-order valence-electron chi connectivity index (χ4n) is 0.848. The number of benzene rings is 1. The maximum absolute atomic E-state index is 11.6. The predicted molar refractivity (Wildman–Crippen MR) is 75.2 cm³/mol. The average molecular weight is 286 g/mol. The first-order valence-electron chi connectivity index (χ1n) is 5.07. The van der Waals surface area contributed by atoms with Gasteiger partial charge >= 0.3 is 5.24 Å². The Morgan fingerprint density at radius 2 is 1.83 bits per heavy atom. The third kappa shape index (κ3) is 4.80. The summed E-state index contributed by atoms with van der Waals surface area (Å²) in [4.78, 5) is 18.3. The smallest absolute Gasteiger partial charge is 0.353 e. The van der Waals surface area contributed by atoms with Crippen LogP contribution in [0.15, 0.2) is 30.3 Å². The molecule has 0 aromatic heterocycles. The SMILES string of the molecule is CN(C)C(=S)ON(C)C(=O)SOc1ccccc1. The van der Waals surface area contributed by atoms with Gasteiger partial charge in [0, 0.05) is 21.1 Å². The summed E-state index contributed by atoms with van der Waals surface area (Å²) in [5, 5.41) is 0.824. The number of thiocarbonyl (C=S) groups is 1. The second-order valence-corrected chi connectivity index (χ2v) is 4.53. The van der Waals surface area contributed by atoms with Gasteiger partial charge in [0.25, 0.3) is 5.17 Å². The second-order valence-electron chi connectivity index (χ2n) is 3.49. The largest absolute Gasteiger partial charge is 0.416 e. The van der Waals surface area contributed by atoms with Crippen LogP contribution in [0.25, 0.3) is 0 Å². The van der Waals surface area contributed by atoms with Gasteiger partial charge in [-0.25, -0.2) is 0 Å². The molecule has 1 aromatic carbocycles. The minimum atomic E-state index is -0.400. The van der Waals surface area contributed by atoms with Crippen molar-refractivity contribution in [2.24, 2.45) is 0 Å². The molecule has 0 heterocycles. The van der Waals surface area contributed by atoms with Crippen LogP contribution >= 0.6 is 24.3 Å². The van der Waals surface area contributed by atoms with Gasteiger partial charge in [0.05, 0.1) is 0 Å². The van der Waals surface area contributed by atoms with Crippen LogP contribution in [0.3, 0.4) is 0 Å². The van der Waals surface area contributed by atoms with E-state index >= 15 is 0 Å². The van der Waals surface area contributed by atoms with Crippen LogP contribution in [-0.4, -0.2) is 41.5 Å². The van der Waals surface area contributed by atoms with Gasteiger partial charge in [-0.05, 0) is 24.4 Å². The predicted octanol–water partition coefficient (Wildman–Crippen LogP) is 2.54. The van der Waals surface area contributed by atoms with Crippen LogP contribution in [0, 0.1) is 0 Å². The van der Waals surface area contributed by atoms with E-state index < -0.39 is 5.24 Å². The third-order valence-electron chi connectivity index (χ3n) is 1.79. The first-order valence-corrected chi connectivity index (χ1v) is 6.22. The summed E-state index contributed by atoms with van der Waals surface area (Å²) in [6.07, 6.45) is 0. The molecule has 0 spiro atoms. The molecule has 0 aliphatic carbocycles. The van der Waals surface area contributed by atoms with E-state index in [-0.39, 0.29) is 5.17 Å². The zero-order chi connectivity index (χ0) is 13.5.